The lowest BCUT2D eigenvalue weighted by atomic mass is 10.1. The summed E-state index contributed by atoms with van der Waals surface area (Å²) >= 11 is 4.14. The van der Waals surface area contributed by atoms with Crippen molar-refractivity contribution in [1.29, 1.82) is 0 Å². The molecule has 0 atom stereocenters. The lowest BCUT2D eigenvalue weighted by molar-refractivity contribution is 0.102. The van der Waals surface area contributed by atoms with E-state index in [2.05, 4.69) is 41.6 Å². The van der Waals surface area contributed by atoms with Gasteiger partial charge in [0.15, 0.2) is 0 Å². The lowest BCUT2D eigenvalue weighted by Gasteiger charge is -2.11. The van der Waals surface area contributed by atoms with Gasteiger partial charge in [-0.1, -0.05) is 62.8 Å². The molecule has 2 aromatic carbocycles. The topological polar surface area (TPSA) is 131 Å². The van der Waals surface area contributed by atoms with E-state index in [0.29, 0.717) is 11.4 Å². The number of halogens is 1. The molecule has 13 heteroatoms. The minimum Gasteiger partial charge on any atom is -0.338 e. The Kier molecular flexibility index (Phi) is 6.65. The van der Waals surface area contributed by atoms with Crippen LogP contribution in [0, 0.1) is 6.92 Å². The summed E-state index contributed by atoms with van der Waals surface area (Å²) in [6.07, 6.45) is 0. The Morgan fingerprint density at radius 2 is 1.97 bits per heavy atom. The van der Waals surface area contributed by atoms with Crippen LogP contribution in [0.5, 0.6) is 0 Å². The van der Waals surface area contributed by atoms with Crippen LogP contribution >= 0.6 is 27.3 Å². The highest BCUT2D eigenvalue weighted by molar-refractivity contribution is 9.10. The standard InChI is InChI=1S/C20H17BrN6O4S2/c1-12-6-3-4-9-15(12)18(28)23-19-24-25-20(32-19)33(29,30)27(2)11-16-22-17(26-31-16)13-7-5-8-14(21)10-13/h3-10H,11H2,1-2H3,(H,23,24,28). The first-order valence-electron chi connectivity index (χ1n) is 9.49. The van der Waals surface area contributed by atoms with E-state index >= 15 is 0 Å². The number of hydrogen-bond donors (Lipinski definition) is 1. The summed E-state index contributed by atoms with van der Waals surface area (Å²) in [5.41, 5.74) is 1.98. The fourth-order valence-corrected chi connectivity index (χ4v) is 5.43. The maximum atomic E-state index is 12.9. The lowest BCUT2D eigenvalue weighted by Crippen LogP contribution is -2.26. The second-order valence-corrected chi connectivity index (χ2v) is 11.0. The highest BCUT2D eigenvalue weighted by Gasteiger charge is 2.28. The van der Waals surface area contributed by atoms with Gasteiger partial charge in [-0.05, 0) is 30.7 Å². The highest BCUT2D eigenvalue weighted by atomic mass is 79.9. The largest absolute Gasteiger partial charge is 0.338 e. The average molecular weight is 549 g/mol. The van der Waals surface area contributed by atoms with Gasteiger partial charge in [0.1, 0.15) is 0 Å². The number of aryl methyl sites for hydroxylation is 1. The average Bonchev–Trinajstić information content (AvgIpc) is 3.44. The van der Waals surface area contributed by atoms with Gasteiger partial charge in [0.2, 0.25) is 21.2 Å². The van der Waals surface area contributed by atoms with Crippen LogP contribution in [0.15, 0.2) is 61.9 Å². The van der Waals surface area contributed by atoms with Crippen LogP contribution in [-0.2, 0) is 16.6 Å². The van der Waals surface area contributed by atoms with Crippen molar-refractivity contribution in [3.63, 3.8) is 0 Å². The zero-order valence-corrected chi connectivity index (χ0v) is 20.6. The first-order valence-corrected chi connectivity index (χ1v) is 12.5. The molecule has 0 spiro atoms. The van der Waals surface area contributed by atoms with Gasteiger partial charge in [0.25, 0.3) is 15.9 Å². The third kappa shape index (κ3) is 5.16. The number of sulfonamides is 1. The Morgan fingerprint density at radius 3 is 2.73 bits per heavy atom. The Balaban J connectivity index is 1.46. The molecule has 33 heavy (non-hydrogen) atoms. The summed E-state index contributed by atoms with van der Waals surface area (Å²) < 4.78 is 32.6. The van der Waals surface area contributed by atoms with Crippen LogP contribution in [0.2, 0.25) is 0 Å². The van der Waals surface area contributed by atoms with E-state index in [1.165, 1.54) is 7.05 Å². The molecule has 0 aliphatic rings. The molecule has 0 fully saturated rings. The fourth-order valence-electron chi connectivity index (χ4n) is 2.83. The van der Waals surface area contributed by atoms with Gasteiger partial charge >= 0.3 is 0 Å². The normalized spacial score (nSPS) is 11.6. The van der Waals surface area contributed by atoms with Crippen LogP contribution in [0.25, 0.3) is 11.4 Å². The van der Waals surface area contributed by atoms with Crippen LogP contribution in [0.1, 0.15) is 21.8 Å². The number of hydrogen-bond acceptors (Lipinski definition) is 9. The van der Waals surface area contributed by atoms with E-state index < -0.39 is 15.9 Å². The number of nitrogens with one attached hydrogen (secondary N) is 1. The van der Waals surface area contributed by atoms with Crippen LogP contribution in [-0.4, -0.2) is 46.0 Å². The summed E-state index contributed by atoms with van der Waals surface area (Å²) in [5.74, 6) is 0.0651. The number of carbonyl (C=O) groups is 1. The quantitative estimate of drug-likeness (QED) is 0.345. The van der Waals surface area contributed by atoms with Crippen LogP contribution in [0.3, 0.4) is 0 Å². The van der Waals surface area contributed by atoms with Gasteiger partial charge in [-0.15, -0.1) is 10.2 Å². The number of nitrogens with zero attached hydrogens (tertiary/aromatic N) is 5. The Labute approximate surface area is 201 Å². The molecule has 0 radical (unpaired) electrons. The van der Waals surface area contributed by atoms with E-state index in [1.54, 1.807) is 25.1 Å². The summed E-state index contributed by atoms with van der Waals surface area (Å²) in [5, 5.41) is 14.1. The van der Waals surface area contributed by atoms with Crippen LogP contribution in [0.4, 0.5) is 5.13 Å². The second-order valence-electron chi connectivity index (χ2n) is 6.93. The zero-order valence-electron chi connectivity index (χ0n) is 17.4. The summed E-state index contributed by atoms with van der Waals surface area (Å²) in [4.78, 5) is 16.7. The van der Waals surface area contributed by atoms with Gasteiger partial charge in [0, 0.05) is 22.6 Å². The van der Waals surface area contributed by atoms with Crippen molar-refractivity contribution in [2.75, 3.05) is 12.4 Å². The molecule has 2 aromatic heterocycles. The van der Waals surface area contributed by atoms with Crippen molar-refractivity contribution in [2.24, 2.45) is 0 Å². The summed E-state index contributed by atoms with van der Waals surface area (Å²) in [7, 11) is -2.63. The molecule has 0 unspecified atom stereocenters. The van der Waals surface area contributed by atoms with E-state index in [4.69, 9.17) is 4.52 Å². The number of aromatic nitrogens is 4. The molecule has 0 saturated heterocycles. The van der Waals surface area contributed by atoms with Gasteiger partial charge < -0.3 is 4.52 Å². The molecule has 170 valence electrons. The molecular formula is C20H17BrN6O4S2. The Morgan fingerprint density at radius 1 is 1.18 bits per heavy atom. The molecule has 0 saturated carbocycles. The zero-order chi connectivity index (χ0) is 23.6. The maximum absolute atomic E-state index is 12.9. The molecular weight excluding hydrogens is 532 g/mol. The van der Waals surface area contributed by atoms with Crippen molar-refractivity contribution < 1.29 is 17.7 Å². The number of rotatable bonds is 7. The van der Waals surface area contributed by atoms with Crippen molar-refractivity contribution >= 4 is 48.3 Å². The molecule has 1 amide bonds. The number of anilines is 1. The molecule has 2 heterocycles. The minimum absolute atomic E-state index is 0.0740. The molecule has 1 N–H and O–H groups in total. The van der Waals surface area contributed by atoms with E-state index in [-0.39, 0.29) is 21.9 Å². The SMILES string of the molecule is Cc1ccccc1C(=O)Nc1nnc(S(=O)(=O)N(C)Cc2nc(-c3cccc(Br)c3)no2)s1. The molecule has 0 aliphatic heterocycles. The molecule has 0 aliphatic carbocycles. The first kappa shape index (κ1) is 23.2. The summed E-state index contributed by atoms with van der Waals surface area (Å²) in [6.45, 7) is 1.65. The van der Waals surface area contributed by atoms with Gasteiger partial charge in [-0.25, -0.2) is 8.42 Å². The fraction of sp³-hybridized carbons (Fsp3) is 0.150. The van der Waals surface area contributed by atoms with E-state index in [9.17, 15) is 13.2 Å². The second kappa shape index (κ2) is 9.47. The third-order valence-electron chi connectivity index (χ3n) is 4.56. The third-order valence-corrected chi connectivity index (χ3v) is 8.04. The van der Waals surface area contributed by atoms with Crippen LogP contribution < -0.4 is 5.32 Å². The molecule has 4 aromatic rings. The molecule has 4 rings (SSSR count). The Bertz CT molecular complexity index is 1420. The van der Waals surface area contributed by atoms with Crippen molar-refractivity contribution in [2.45, 2.75) is 17.8 Å². The molecule has 0 bridgehead atoms. The van der Waals surface area contributed by atoms with Crippen molar-refractivity contribution in [3.05, 3.63) is 70.0 Å². The minimum atomic E-state index is -4.00. The predicted molar refractivity (Wildman–Crippen MR) is 125 cm³/mol. The predicted octanol–water partition coefficient (Wildman–Crippen LogP) is 3.73. The number of carbonyl (C=O) groups excluding carboxylic acids is 1. The molecule has 10 nitrogen and oxygen atoms in total. The van der Waals surface area contributed by atoms with Gasteiger partial charge in [-0.2, -0.15) is 9.29 Å². The number of amides is 1. The van der Waals surface area contributed by atoms with Crippen molar-refractivity contribution in [1.82, 2.24) is 24.6 Å². The maximum Gasteiger partial charge on any atom is 0.272 e. The smallest absolute Gasteiger partial charge is 0.272 e. The highest BCUT2D eigenvalue weighted by Crippen LogP contribution is 2.25. The van der Waals surface area contributed by atoms with Gasteiger partial charge in [0.05, 0.1) is 6.54 Å². The first-order chi connectivity index (χ1) is 15.7. The van der Waals surface area contributed by atoms with Gasteiger partial charge in [-0.3, -0.25) is 10.1 Å². The van der Waals surface area contributed by atoms with E-state index in [0.717, 1.165) is 31.2 Å². The number of benzene rings is 2. The summed E-state index contributed by atoms with van der Waals surface area (Å²) in [6, 6.07) is 14.4. The Hall–Kier alpha value is -3.00. The van der Waals surface area contributed by atoms with E-state index in [1.807, 2.05) is 30.3 Å². The van der Waals surface area contributed by atoms with Crippen molar-refractivity contribution in [3.8, 4) is 11.4 Å². The monoisotopic (exact) mass is 548 g/mol.